The van der Waals surface area contributed by atoms with Crippen molar-refractivity contribution in [3.63, 3.8) is 0 Å². The van der Waals surface area contributed by atoms with Crippen molar-refractivity contribution in [2.24, 2.45) is 7.05 Å². The lowest BCUT2D eigenvalue weighted by molar-refractivity contribution is -0.143. The number of carboxylic acid groups (broad SMARTS) is 1. The summed E-state index contributed by atoms with van der Waals surface area (Å²) in [5, 5.41) is 17.7. The van der Waals surface area contributed by atoms with E-state index in [1.54, 1.807) is 15.3 Å². The summed E-state index contributed by atoms with van der Waals surface area (Å²) in [4.78, 5) is 28.6. The van der Waals surface area contributed by atoms with Gasteiger partial charge in [-0.05, 0) is 43.7 Å². The highest BCUT2D eigenvalue weighted by atomic mass is 16.5. The molecular weight excluding hydrogens is 446 g/mol. The van der Waals surface area contributed by atoms with Gasteiger partial charge in [0.1, 0.15) is 5.69 Å². The van der Waals surface area contributed by atoms with Crippen LogP contribution in [0.3, 0.4) is 0 Å². The topological polar surface area (TPSA) is 112 Å². The van der Waals surface area contributed by atoms with Crippen LogP contribution in [-0.4, -0.2) is 41.7 Å². The number of hydrogen-bond donors (Lipinski definition) is 1. The Labute approximate surface area is 204 Å². The van der Waals surface area contributed by atoms with E-state index in [4.69, 9.17) is 14.8 Å². The van der Waals surface area contributed by atoms with Gasteiger partial charge in [-0.1, -0.05) is 37.6 Å². The van der Waals surface area contributed by atoms with Crippen LogP contribution in [0.4, 0.5) is 0 Å². The number of aryl methyl sites for hydroxylation is 3. The minimum Gasteiger partial charge on any atom is -0.481 e. The van der Waals surface area contributed by atoms with Gasteiger partial charge in [0.05, 0.1) is 36.6 Å². The van der Waals surface area contributed by atoms with Gasteiger partial charge < -0.3 is 14.4 Å². The summed E-state index contributed by atoms with van der Waals surface area (Å²) < 4.78 is 9.52. The van der Waals surface area contributed by atoms with Gasteiger partial charge in [-0.15, -0.1) is 5.10 Å². The number of aromatic nitrogens is 5. The number of hydrogen-bond acceptors (Lipinski definition) is 6. The minimum absolute atomic E-state index is 0.0191. The normalized spacial score (nSPS) is 18.0. The molecule has 9 heteroatoms. The molecule has 1 saturated heterocycles. The number of aliphatic carboxylic acids is 1. The Bertz CT molecular complexity index is 1250. The first-order valence-corrected chi connectivity index (χ1v) is 12.3. The summed E-state index contributed by atoms with van der Waals surface area (Å²) in [6, 6.07) is 7.43. The van der Waals surface area contributed by atoms with E-state index in [0.29, 0.717) is 24.4 Å². The van der Waals surface area contributed by atoms with Gasteiger partial charge in [0.15, 0.2) is 0 Å². The van der Waals surface area contributed by atoms with Gasteiger partial charge in [-0.3, -0.25) is 14.6 Å². The number of nitrogens with zero attached hydrogens (tertiary/aromatic N) is 5. The standard InChI is InChI=1S/C26H33N5O4/c1-4-7-17-10-13-24(32)31(15-17)16-22-26(28-29-30(22)3)21-12-11-19(20(5-2)27-21)23-9-6-8-18(35-23)14-25(33)34/h10-13,15,18,23H,4-9,14,16H2,1-3H3,(H,33,34)/t18-,23-/m1/s1. The summed E-state index contributed by atoms with van der Waals surface area (Å²) in [5.41, 5.74) is 5.10. The Morgan fingerprint density at radius 2 is 2.03 bits per heavy atom. The summed E-state index contributed by atoms with van der Waals surface area (Å²) in [6.07, 6.45) is 6.65. The molecule has 0 aromatic carbocycles. The fraction of sp³-hybridized carbons (Fsp3) is 0.500. The largest absolute Gasteiger partial charge is 0.481 e. The highest BCUT2D eigenvalue weighted by Crippen LogP contribution is 2.35. The molecule has 3 aromatic rings. The second-order valence-corrected chi connectivity index (χ2v) is 9.12. The molecule has 0 spiro atoms. The van der Waals surface area contributed by atoms with Gasteiger partial charge in [0, 0.05) is 30.6 Å². The van der Waals surface area contributed by atoms with Crippen LogP contribution in [0, 0.1) is 0 Å². The number of ether oxygens (including phenoxy) is 1. The number of rotatable bonds is 9. The Kier molecular flexibility index (Phi) is 7.75. The monoisotopic (exact) mass is 479 g/mol. The van der Waals surface area contributed by atoms with E-state index in [1.807, 2.05) is 38.4 Å². The third kappa shape index (κ3) is 5.67. The van der Waals surface area contributed by atoms with Gasteiger partial charge in [-0.25, -0.2) is 4.68 Å². The molecule has 0 saturated carbocycles. The molecule has 1 aliphatic rings. The predicted octanol–water partition coefficient (Wildman–Crippen LogP) is 3.69. The molecule has 1 aliphatic heterocycles. The zero-order chi connectivity index (χ0) is 24.9. The van der Waals surface area contributed by atoms with Gasteiger partial charge in [0.2, 0.25) is 0 Å². The molecule has 0 radical (unpaired) electrons. The second-order valence-electron chi connectivity index (χ2n) is 9.12. The molecule has 9 nitrogen and oxygen atoms in total. The Morgan fingerprint density at radius 1 is 1.20 bits per heavy atom. The van der Waals surface area contributed by atoms with Crippen molar-refractivity contribution in [1.29, 1.82) is 0 Å². The van der Waals surface area contributed by atoms with Crippen LogP contribution in [0.15, 0.2) is 35.3 Å². The molecule has 0 bridgehead atoms. The highest BCUT2D eigenvalue weighted by Gasteiger charge is 2.27. The first-order chi connectivity index (χ1) is 16.9. The van der Waals surface area contributed by atoms with Crippen LogP contribution >= 0.6 is 0 Å². The lowest BCUT2D eigenvalue weighted by atomic mass is 9.95. The minimum atomic E-state index is -0.839. The molecule has 4 rings (SSSR count). The molecule has 35 heavy (non-hydrogen) atoms. The molecular formula is C26H33N5O4. The summed E-state index contributed by atoms with van der Waals surface area (Å²) in [5.74, 6) is -0.839. The van der Waals surface area contributed by atoms with Crippen molar-refractivity contribution in [3.05, 3.63) is 63.3 Å². The second kappa shape index (κ2) is 10.9. The first kappa shape index (κ1) is 24.8. The van der Waals surface area contributed by atoms with E-state index in [-0.39, 0.29) is 24.2 Å². The number of carboxylic acids is 1. The van der Waals surface area contributed by atoms with E-state index in [9.17, 15) is 9.59 Å². The molecule has 2 atom stereocenters. The van der Waals surface area contributed by atoms with Crippen LogP contribution in [0.2, 0.25) is 0 Å². The van der Waals surface area contributed by atoms with Crippen molar-refractivity contribution >= 4 is 5.97 Å². The van der Waals surface area contributed by atoms with E-state index in [0.717, 1.165) is 54.6 Å². The molecule has 0 aliphatic carbocycles. The molecule has 1 fully saturated rings. The van der Waals surface area contributed by atoms with E-state index in [1.165, 1.54) is 0 Å². The van der Waals surface area contributed by atoms with Crippen LogP contribution in [0.25, 0.3) is 11.4 Å². The van der Waals surface area contributed by atoms with Crippen LogP contribution < -0.4 is 5.56 Å². The van der Waals surface area contributed by atoms with Crippen molar-refractivity contribution in [1.82, 2.24) is 24.5 Å². The lowest BCUT2D eigenvalue weighted by Crippen LogP contribution is -2.25. The maximum absolute atomic E-state index is 12.5. The summed E-state index contributed by atoms with van der Waals surface area (Å²) >= 11 is 0. The van der Waals surface area contributed by atoms with Crippen LogP contribution in [0.1, 0.15) is 74.6 Å². The first-order valence-electron chi connectivity index (χ1n) is 12.3. The quantitative estimate of drug-likeness (QED) is 0.498. The molecule has 0 unspecified atom stereocenters. The Hall–Kier alpha value is -3.33. The van der Waals surface area contributed by atoms with Gasteiger partial charge in [0.25, 0.3) is 5.56 Å². The number of carbonyl (C=O) groups is 1. The van der Waals surface area contributed by atoms with Gasteiger partial charge in [-0.2, -0.15) is 0 Å². The fourth-order valence-corrected chi connectivity index (χ4v) is 4.75. The molecule has 186 valence electrons. The predicted molar refractivity (Wildman–Crippen MR) is 131 cm³/mol. The van der Waals surface area contributed by atoms with Crippen molar-refractivity contribution in [2.75, 3.05) is 0 Å². The van der Waals surface area contributed by atoms with E-state index < -0.39 is 5.97 Å². The van der Waals surface area contributed by atoms with E-state index in [2.05, 4.69) is 17.2 Å². The number of pyridine rings is 2. The van der Waals surface area contributed by atoms with E-state index >= 15 is 0 Å². The molecule has 3 aromatic heterocycles. The zero-order valence-electron chi connectivity index (χ0n) is 20.6. The maximum atomic E-state index is 12.5. The maximum Gasteiger partial charge on any atom is 0.305 e. The summed E-state index contributed by atoms with van der Waals surface area (Å²) in [6.45, 7) is 4.51. The smallest absolute Gasteiger partial charge is 0.305 e. The molecule has 4 heterocycles. The Balaban J connectivity index is 1.63. The SMILES string of the molecule is CCCc1ccc(=O)n(Cc2c(-c3ccc([C@H]4CCC[C@H](CC(=O)O)O4)c(CC)n3)nnn2C)c1. The average molecular weight is 480 g/mol. The van der Waals surface area contributed by atoms with Gasteiger partial charge >= 0.3 is 5.97 Å². The third-order valence-electron chi connectivity index (χ3n) is 6.53. The summed E-state index contributed by atoms with van der Waals surface area (Å²) in [7, 11) is 1.82. The molecule has 0 amide bonds. The Morgan fingerprint density at radius 3 is 2.77 bits per heavy atom. The average Bonchev–Trinajstić information content (AvgIpc) is 3.20. The van der Waals surface area contributed by atoms with Crippen LogP contribution in [-0.2, 0) is 36.0 Å². The molecule has 1 N–H and O–H groups in total. The third-order valence-corrected chi connectivity index (χ3v) is 6.53. The van der Waals surface area contributed by atoms with Crippen molar-refractivity contribution in [3.8, 4) is 11.4 Å². The fourth-order valence-electron chi connectivity index (χ4n) is 4.75. The lowest BCUT2D eigenvalue weighted by Gasteiger charge is -2.30. The zero-order valence-corrected chi connectivity index (χ0v) is 20.6. The van der Waals surface area contributed by atoms with Crippen molar-refractivity contribution in [2.45, 2.75) is 77.5 Å². The highest BCUT2D eigenvalue weighted by molar-refractivity contribution is 5.67. The van der Waals surface area contributed by atoms with Crippen molar-refractivity contribution < 1.29 is 14.6 Å². The van der Waals surface area contributed by atoms with Crippen LogP contribution in [0.5, 0.6) is 0 Å².